The summed E-state index contributed by atoms with van der Waals surface area (Å²) in [5.74, 6) is -2.66. The highest BCUT2D eigenvalue weighted by atomic mass is 35.5. The van der Waals surface area contributed by atoms with Crippen LogP contribution in [-0.4, -0.2) is 122 Å². The first-order chi connectivity index (χ1) is 23.8. The lowest BCUT2D eigenvalue weighted by molar-refractivity contribution is -0.169. The van der Waals surface area contributed by atoms with Gasteiger partial charge in [0, 0.05) is 47.6 Å². The number of halogens is 1. The molecular formula is C35H48ClN3O12. The zero-order valence-electron chi connectivity index (χ0n) is 30.5. The molecule has 0 spiro atoms. The topological polar surface area (TPSA) is 186 Å². The number of rotatable bonds is 6. The third kappa shape index (κ3) is 7.88. The Hall–Kier alpha value is -3.73. The lowest BCUT2D eigenvalue weighted by Gasteiger charge is -2.42. The number of likely N-dealkylation sites (N-methyl/N-ethyl adjacent to an activating group) is 2. The van der Waals surface area contributed by atoms with E-state index in [9.17, 15) is 29.4 Å². The molecule has 0 aliphatic carbocycles. The van der Waals surface area contributed by atoms with Gasteiger partial charge in [0.2, 0.25) is 5.91 Å². The lowest BCUT2D eigenvalue weighted by atomic mass is 9.83. The molecule has 1 aromatic rings. The van der Waals surface area contributed by atoms with Crippen molar-refractivity contribution >= 4 is 41.2 Å². The maximum atomic E-state index is 14.2. The molecule has 282 valence electrons. The zero-order valence-corrected chi connectivity index (χ0v) is 31.2. The number of epoxide rings is 1. The van der Waals surface area contributed by atoms with Crippen molar-refractivity contribution in [2.24, 2.45) is 5.92 Å². The van der Waals surface area contributed by atoms with Gasteiger partial charge in [-0.15, -0.1) is 0 Å². The van der Waals surface area contributed by atoms with Gasteiger partial charge in [-0.05, 0) is 44.0 Å². The van der Waals surface area contributed by atoms with Gasteiger partial charge < -0.3 is 48.4 Å². The van der Waals surface area contributed by atoms with Gasteiger partial charge in [0.25, 0.3) is 5.91 Å². The van der Waals surface area contributed by atoms with Crippen LogP contribution in [0.25, 0.3) is 0 Å². The molecule has 2 saturated heterocycles. The molecule has 4 bridgehead atoms. The van der Waals surface area contributed by atoms with Gasteiger partial charge in [0.05, 0.1) is 18.9 Å². The molecular weight excluding hydrogens is 690 g/mol. The van der Waals surface area contributed by atoms with Crippen molar-refractivity contribution in [1.29, 1.82) is 0 Å². The van der Waals surface area contributed by atoms with Gasteiger partial charge in [0.1, 0.15) is 40.7 Å². The van der Waals surface area contributed by atoms with E-state index in [0.29, 0.717) is 11.1 Å². The van der Waals surface area contributed by atoms with Crippen molar-refractivity contribution in [2.75, 3.05) is 40.3 Å². The molecule has 0 saturated carbocycles. The predicted octanol–water partition coefficient (Wildman–Crippen LogP) is 2.65. The van der Waals surface area contributed by atoms with Crippen LogP contribution in [0.5, 0.6) is 5.75 Å². The highest BCUT2D eigenvalue weighted by molar-refractivity contribution is 6.35. The first-order valence-electron chi connectivity index (χ1n) is 16.4. The molecule has 1 aromatic carbocycles. The SMILES string of the molecule is COc1cc2cc(c1Cl)N(C)C(=O)C(O)[C@H](OC(=O)[C@H](C)N(C)C(C)=O)[C@]1(C)O[C@H]1[C@H](C)[C@@H]1C[C@@](O)(NC(=O)O1)C(OC)/C=C/C=C(\C)C2OC. The number of carbonyl (C=O) groups is 4. The Morgan fingerprint density at radius 3 is 2.45 bits per heavy atom. The summed E-state index contributed by atoms with van der Waals surface area (Å²) < 4.78 is 34.5. The van der Waals surface area contributed by atoms with Crippen molar-refractivity contribution in [3.8, 4) is 5.75 Å². The number of alkyl carbamates (subject to hydrolysis) is 1. The number of allylic oxidation sites excluding steroid dienone is 2. The number of anilines is 1. The van der Waals surface area contributed by atoms with Gasteiger partial charge >= 0.3 is 12.1 Å². The van der Waals surface area contributed by atoms with Gasteiger partial charge in [-0.25, -0.2) is 9.59 Å². The van der Waals surface area contributed by atoms with Crippen LogP contribution in [-0.2, 0) is 38.1 Å². The maximum Gasteiger partial charge on any atom is 0.409 e. The van der Waals surface area contributed by atoms with E-state index in [2.05, 4.69) is 5.32 Å². The molecule has 15 nitrogen and oxygen atoms in total. The Labute approximate surface area is 302 Å². The standard InChI is InChI=1S/C35H48ClN3O12/c1-17-12-11-13-25(47-9)35(45)16-24(49-33(44)37-35)18(2)29-34(5,51-29)30(50-32(43)19(3)38(6)20(4)40)27(41)31(42)39(7)22-14-21(28(17)48-10)15-23(46-8)26(22)36/h11-15,18-19,24-25,27-30,41,45H,16H2,1-10H3,(H,37,44)/b13-11+,17-12+/t18-,19+,24+,25?,27?,28?,29+,30+,34-,35+/m1/s1. The number of amides is 3. The van der Waals surface area contributed by atoms with Crippen molar-refractivity contribution in [3.63, 3.8) is 0 Å². The van der Waals surface area contributed by atoms with Crippen LogP contribution in [0, 0.1) is 5.92 Å². The Kier molecular flexibility index (Phi) is 12.2. The first-order valence-corrected chi connectivity index (χ1v) is 16.8. The van der Waals surface area contributed by atoms with E-state index in [0.717, 1.165) is 9.80 Å². The summed E-state index contributed by atoms with van der Waals surface area (Å²) in [6, 6.07) is 2.18. The minimum Gasteiger partial charge on any atom is -0.495 e. The van der Waals surface area contributed by atoms with Gasteiger partial charge in [-0.1, -0.05) is 36.8 Å². The normalized spacial score (nSPS) is 34.9. The summed E-state index contributed by atoms with van der Waals surface area (Å²) >= 11 is 6.73. The van der Waals surface area contributed by atoms with E-state index in [1.165, 1.54) is 49.3 Å². The lowest BCUT2D eigenvalue weighted by Crippen LogP contribution is -2.63. The average molecular weight is 738 g/mol. The van der Waals surface area contributed by atoms with Crippen LogP contribution < -0.4 is 15.0 Å². The molecule has 3 aliphatic rings. The fourth-order valence-electron chi connectivity index (χ4n) is 6.67. The minimum absolute atomic E-state index is 0.0648. The van der Waals surface area contributed by atoms with Crippen LogP contribution >= 0.6 is 11.6 Å². The van der Waals surface area contributed by atoms with E-state index in [-0.39, 0.29) is 22.9 Å². The molecule has 3 heterocycles. The summed E-state index contributed by atoms with van der Waals surface area (Å²) in [6.07, 6.45) is -3.19. The monoisotopic (exact) mass is 737 g/mol. The summed E-state index contributed by atoms with van der Waals surface area (Å²) in [5, 5.41) is 26.0. The number of fused-ring (bicyclic) bond motifs is 5. The molecule has 4 rings (SSSR count). The second-order valence-corrected chi connectivity index (χ2v) is 13.8. The number of benzene rings is 1. The van der Waals surface area contributed by atoms with Crippen LogP contribution in [0.3, 0.4) is 0 Å². The number of hydrogen-bond donors (Lipinski definition) is 3. The summed E-state index contributed by atoms with van der Waals surface area (Å²) in [5.41, 5.74) is -2.01. The fourth-order valence-corrected chi connectivity index (χ4v) is 6.99. The number of aliphatic hydroxyl groups is 2. The quantitative estimate of drug-likeness (QED) is 0.287. The van der Waals surface area contributed by atoms with Crippen molar-refractivity contribution < 1.29 is 57.8 Å². The number of esters is 1. The number of carbonyl (C=O) groups excluding carboxylic acids is 4. The van der Waals surface area contributed by atoms with E-state index >= 15 is 0 Å². The first kappa shape index (κ1) is 40.0. The number of nitrogens with one attached hydrogen (secondary N) is 1. The zero-order chi connectivity index (χ0) is 38.2. The summed E-state index contributed by atoms with van der Waals surface area (Å²) in [4.78, 5) is 54.8. The number of ether oxygens (including phenoxy) is 6. The number of methoxy groups -OCH3 is 3. The Balaban J connectivity index is 1.89. The molecule has 10 atom stereocenters. The van der Waals surface area contributed by atoms with Gasteiger partial charge in [0.15, 0.2) is 17.9 Å². The molecule has 3 unspecified atom stereocenters. The molecule has 3 amide bonds. The van der Waals surface area contributed by atoms with Crippen molar-refractivity contribution in [3.05, 3.63) is 46.5 Å². The third-order valence-corrected chi connectivity index (χ3v) is 10.5. The highest BCUT2D eigenvalue weighted by Crippen LogP contribution is 2.49. The molecule has 3 N–H and O–H groups in total. The molecule has 0 aromatic heterocycles. The minimum atomic E-state index is -2.02. The largest absolute Gasteiger partial charge is 0.495 e. The van der Waals surface area contributed by atoms with Crippen LogP contribution in [0.2, 0.25) is 5.02 Å². The smallest absolute Gasteiger partial charge is 0.409 e. The van der Waals surface area contributed by atoms with Crippen LogP contribution in [0.1, 0.15) is 52.7 Å². The van der Waals surface area contributed by atoms with Crippen LogP contribution in [0.4, 0.5) is 10.5 Å². The maximum absolute atomic E-state index is 14.2. The number of nitrogens with zero attached hydrogens (tertiary/aromatic N) is 2. The van der Waals surface area contributed by atoms with E-state index in [1.807, 2.05) is 0 Å². The predicted molar refractivity (Wildman–Crippen MR) is 184 cm³/mol. The second kappa shape index (κ2) is 15.5. The van der Waals surface area contributed by atoms with Gasteiger partial charge in [-0.3, -0.25) is 14.9 Å². The number of aliphatic hydroxyl groups excluding tert-OH is 1. The van der Waals surface area contributed by atoms with Gasteiger partial charge in [-0.2, -0.15) is 0 Å². The third-order valence-electron chi connectivity index (χ3n) is 10.1. The van der Waals surface area contributed by atoms with Crippen LogP contribution in [0.15, 0.2) is 35.9 Å². The molecule has 3 aliphatic heterocycles. The average Bonchev–Trinajstić information content (AvgIpc) is 3.78. The highest BCUT2D eigenvalue weighted by Gasteiger charge is 2.66. The van der Waals surface area contributed by atoms with Crippen molar-refractivity contribution in [2.45, 2.75) is 95.0 Å². The molecule has 16 heteroatoms. The second-order valence-electron chi connectivity index (χ2n) is 13.4. The Morgan fingerprint density at radius 1 is 1.20 bits per heavy atom. The number of hydrogen-bond acceptors (Lipinski definition) is 12. The van der Waals surface area contributed by atoms with E-state index in [4.69, 9.17) is 40.0 Å². The van der Waals surface area contributed by atoms with Crippen molar-refractivity contribution in [1.82, 2.24) is 10.2 Å². The molecule has 0 radical (unpaired) electrons. The molecule has 2 fully saturated rings. The fraction of sp³-hybridized carbons (Fsp3) is 0.600. The Bertz CT molecular complexity index is 1590. The summed E-state index contributed by atoms with van der Waals surface area (Å²) in [6.45, 7) is 7.79. The Morgan fingerprint density at radius 2 is 1.86 bits per heavy atom. The molecule has 51 heavy (non-hydrogen) atoms. The summed E-state index contributed by atoms with van der Waals surface area (Å²) in [7, 11) is 7.11. The van der Waals surface area contributed by atoms with E-state index in [1.54, 1.807) is 51.1 Å². The van der Waals surface area contributed by atoms with E-state index < -0.39 is 83.8 Å².